The highest BCUT2D eigenvalue weighted by Crippen LogP contribution is 2.38. The van der Waals surface area contributed by atoms with Gasteiger partial charge in [0.2, 0.25) is 0 Å². The third-order valence-corrected chi connectivity index (χ3v) is 5.20. The van der Waals surface area contributed by atoms with E-state index in [1.807, 2.05) is 4.90 Å². The molecular weight excluding hydrogens is 319 g/mol. The van der Waals surface area contributed by atoms with Crippen LogP contribution in [0.4, 0.5) is 0 Å². The van der Waals surface area contributed by atoms with E-state index >= 15 is 0 Å². The topological polar surface area (TPSA) is 46.3 Å². The molecule has 1 saturated heterocycles. The van der Waals surface area contributed by atoms with Gasteiger partial charge in [-0.2, -0.15) is 0 Å². The number of nitrogens with two attached hydrogens (primary N) is 1. The lowest BCUT2D eigenvalue weighted by Crippen LogP contribution is -2.33. The second-order valence-corrected chi connectivity index (χ2v) is 6.26. The fourth-order valence-corrected chi connectivity index (χ4v) is 3.69. The lowest BCUT2D eigenvalue weighted by molar-refractivity contribution is 0.0780. The monoisotopic (exact) mass is 334 g/mol. The highest BCUT2D eigenvalue weighted by Gasteiger charge is 2.42. The minimum atomic E-state index is -0.0332. The smallest absolute Gasteiger partial charge is 0.255 e. The van der Waals surface area contributed by atoms with Crippen LogP contribution < -0.4 is 5.73 Å². The van der Waals surface area contributed by atoms with Gasteiger partial charge in [0.05, 0.1) is 15.6 Å². The van der Waals surface area contributed by atoms with E-state index in [-0.39, 0.29) is 24.4 Å². The third-order valence-electron chi connectivity index (χ3n) is 4.38. The van der Waals surface area contributed by atoms with Gasteiger partial charge in [-0.1, -0.05) is 29.3 Å². The second kappa shape index (κ2) is 6.10. The summed E-state index contributed by atoms with van der Waals surface area (Å²) in [5.41, 5.74) is 6.58. The first-order chi connectivity index (χ1) is 9.08. The van der Waals surface area contributed by atoms with Gasteiger partial charge in [-0.25, -0.2) is 0 Å². The number of benzene rings is 1. The molecular formula is C14H17Cl3N2O. The number of likely N-dealkylation sites (tertiary alicyclic amines) is 1. The van der Waals surface area contributed by atoms with Crippen molar-refractivity contribution >= 4 is 41.5 Å². The maximum Gasteiger partial charge on any atom is 0.255 e. The number of hydrogen-bond acceptors (Lipinski definition) is 2. The van der Waals surface area contributed by atoms with Gasteiger partial charge in [-0.15, -0.1) is 12.4 Å². The van der Waals surface area contributed by atoms with Crippen molar-refractivity contribution in [2.45, 2.75) is 18.9 Å². The van der Waals surface area contributed by atoms with E-state index in [4.69, 9.17) is 28.9 Å². The van der Waals surface area contributed by atoms with E-state index < -0.39 is 0 Å². The zero-order valence-corrected chi connectivity index (χ0v) is 13.2. The lowest BCUT2D eigenvalue weighted by Gasteiger charge is -2.19. The maximum absolute atomic E-state index is 12.5. The van der Waals surface area contributed by atoms with E-state index in [0.717, 1.165) is 25.9 Å². The molecule has 1 aliphatic heterocycles. The van der Waals surface area contributed by atoms with E-state index in [9.17, 15) is 4.79 Å². The Morgan fingerprint density at radius 2 is 2.00 bits per heavy atom. The molecule has 0 bridgehead atoms. The van der Waals surface area contributed by atoms with Gasteiger partial charge in [0.15, 0.2) is 0 Å². The van der Waals surface area contributed by atoms with Crippen LogP contribution in [0.2, 0.25) is 10.0 Å². The van der Waals surface area contributed by atoms with Crippen molar-refractivity contribution in [2.24, 2.45) is 17.6 Å². The summed E-state index contributed by atoms with van der Waals surface area (Å²) in [5, 5.41) is 0.763. The number of hydrogen-bond donors (Lipinski definition) is 1. The second-order valence-electron chi connectivity index (χ2n) is 5.48. The Hall–Kier alpha value is -0.480. The quantitative estimate of drug-likeness (QED) is 0.856. The zero-order valence-electron chi connectivity index (χ0n) is 10.9. The molecule has 1 aliphatic carbocycles. The predicted molar refractivity (Wildman–Crippen MR) is 83.8 cm³/mol. The zero-order chi connectivity index (χ0) is 13.6. The summed E-state index contributed by atoms with van der Waals surface area (Å²) in [5.74, 6) is 0.966. The van der Waals surface area contributed by atoms with E-state index in [2.05, 4.69) is 0 Å². The molecule has 110 valence electrons. The highest BCUT2D eigenvalue weighted by molar-refractivity contribution is 6.43. The molecule has 1 aromatic rings. The highest BCUT2D eigenvalue weighted by atomic mass is 35.5. The number of rotatable bonds is 1. The van der Waals surface area contributed by atoms with Crippen molar-refractivity contribution in [3.63, 3.8) is 0 Å². The first-order valence-electron chi connectivity index (χ1n) is 6.57. The summed E-state index contributed by atoms with van der Waals surface area (Å²) in [6, 6.07) is 5.40. The van der Waals surface area contributed by atoms with Crippen LogP contribution in [0.15, 0.2) is 18.2 Å². The minimum absolute atomic E-state index is 0. The van der Waals surface area contributed by atoms with Crippen LogP contribution in [0.25, 0.3) is 0 Å². The van der Waals surface area contributed by atoms with Crippen LogP contribution in [0.3, 0.4) is 0 Å². The maximum atomic E-state index is 12.5. The molecule has 2 aliphatic rings. The molecule has 2 N–H and O–H groups in total. The van der Waals surface area contributed by atoms with Crippen molar-refractivity contribution in [1.82, 2.24) is 4.90 Å². The molecule has 1 heterocycles. The van der Waals surface area contributed by atoms with Crippen LogP contribution in [-0.2, 0) is 0 Å². The summed E-state index contributed by atoms with van der Waals surface area (Å²) in [6.45, 7) is 1.54. The normalized spacial score (nSPS) is 28.1. The average Bonchev–Trinajstić information content (AvgIpc) is 2.95. The average molecular weight is 336 g/mol. The first kappa shape index (κ1) is 15.9. The van der Waals surface area contributed by atoms with Crippen LogP contribution in [0.1, 0.15) is 23.2 Å². The Bertz CT molecular complexity index is 523. The minimum Gasteiger partial charge on any atom is -0.338 e. The summed E-state index contributed by atoms with van der Waals surface area (Å²) in [7, 11) is 0. The first-order valence-corrected chi connectivity index (χ1v) is 7.32. The Kier molecular flexibility index (Phi) is 4.85. The molecule has 0 spiro atoms. The molecule has 3 rings (SSSR count). The molecule has 3 nitrogen and oxygen atoms in total. The van der Waals surface area contributed by atoms with Gasteiger partial charge >= 0.3 is 0 Å². The third kappa shape index (κ3) is 2.64. The Balaban J connectivity index is 0.00000147. The van der Waals surface area contributed by atoms with E-state index in [1.165, 1.54) is 0 Å². The number of amides is 1. The predicted octanol–water partition coefficient (Wildman–Crippen LogP) is 3.22. The van der Waals surface area contributed by atoms with Gasteiger partial charge in [0.1, 0.15) is 0 Å². The number of carbonyl (C=O) groups is 1. The Morgan fingerprint density at radius 1 is 1.25 bits per heavy atom. The van der Waals surface area contributed by atoms with Gasteiger partial charge in [-0.3, -0.25) is 4.79 Å². The summed E-state index contributed by atoms with van der Waals surface area (Å²) in [4.78, 5) is 14.4. The summed E-state index contributed by atoms with van der Waals surface area (Å²) in [6.07, 6.45) is 2.20. The SMILES string of the molecule is Cl.NC1CCC2CN(C(=O)c3cccc(Cl)c3Cl)CC12. The van der Waals surface area contributed by atoms with Crippen molar-refractivity contribution in [1.29, 1.82) is 0 Å². The number of halogens is 3. The molecule has 1 amide bonds. The number of nitrogens with zero attached hydrogens (tertiary/aromatic N) is 1. The fraction of sp³-hybridized carbons (Fsp3) is 0.500. The van der Waals surface area contributed by atoms with Crippen molar-refractivity contribution < 1.29 is 4.79 Å². The van der Waals surface area contributed by atoms with Crippen LogP contribution >= 0.6 is 35.6 Å². The van der Waals surface area contributed by atoms with Crippen molar-refractivity contribution in [3.05, 3.63) is 33.8 Å². The summed E-state index contributed by atoms with van der Waals surface area (Å²) < 4.78 is 0. The number of fused-ring (bicyclic) bond motifs is 1. The lowest BCUT2D eigenvalue weighted by atomic mass is 9.98. The largest absolute Gasteiger partial charge is 0.338 e. The molecule has 2 fully saturated rings. The molecule has 3 atom stereocenters. The number of carbonyl (C=O) groups excluding carboxylic acids is 1. The molecule has 20 heavy (non-hydrogen) atoms. The van der Waals surface area contributed by atoms with Gasteiger partial charge in [-0.05, 0) is 36.8 Å². The van der Waals surface area contributed by atoms with Gasteiger partial charge in [0.25, 0.3) is 5.91 Å². The molecule has 0 aromatic heterocycles. The Labute approximate surface area is 134 Å². The molecule has 3 unspecified atom stereocenters. The van der Waals surface area contributed by atoms with E-state index in [0.29, 0.717) is 27.4 Å². The fourth-order valence-electron chi connectivity index (χ4n) is 3.31. The van der Waals surface area contributed by atoms with Gasteiger partial charge < -0.3 is 10.6 Å². The van der Waals surface area contributed by atoms with E-state index in [1.54, 1.807) is 18.2 Å². The molecule has 1 aromatic carbocycles. The Morgan fingerprint density at radius 3 is 2.70 bits per heavy atom. The van der Waals surface area contributed by atoms with Crippen LogP contribution in [0.5, 0.6) is 0 Å². The van der Waals surface area contributed by atoms with Crippen molar-refractivity contribution in [2.75, 3.05) is 13.1 Å². The molecule has 0 radical (unpaired) electrons. The van der Waals surface area contributed by atoms with Crippen molar-refractivity contribution in [3.8, 4) is 0 Å². The molecule has 1 saturated carbocycles. The van der Waals surface area contributed by atoms with Crippen LogP contribution in [0, 0.1) is 11.8 Å². The summed E-state index contributed by atoms with van der Waals surface area (Å²) >= 11 is 12.1. The molecule has 6 heteroatoms. The standard InChI is InChI=1S/C14H16Cl2N2O.ClH/c15-11-3-1-2-9(13(11)16)14(19)18-6-8-4-5-12(17)10(8)7-18;/h1-3,8,10,12H,4-7,17H2;1H. The van der Waals surface area contributed by atoms with Gasteiger partial charge in [0, 0.05) is 19.1 Å². The van der Waals surface area contributed by atoms with Crippen LogP contribution in [-0.4, -0.2) is 29.9 Å².